The van der Waals surface area contributed by atoms with Crippen LogP contribution in [0.15, 0.2) is 30.5 Å². The van der Waals surface area contributed by atoms with Gasteiger partial charge in [-0.05, 0) is 17.0 Å². The molecule has 1 fully saturated rings. The summed E-state index contributed by atoms with van der Waals surface area (Å²) in [5.74, 6) is 0.181. The molecule has 1 aromatic heterocycles. The predicted molar refractivity (Wildman–Crippen MR) is 100 cm³/mol. The van der Waals surface area contributed by atoms with Crippen LogP contribution in [0.2, 0.25) is 0 Å². The molecule has 0 saturated carbocycles. The van der Waals surface area contributed by atoms with Crippen molar-refractivity contribution in [3.8, 4) is 0 Å². The molecule has 1 saturated heterocycles. The highest BCUT2D eigenvalue weighted by Crippen LogP contribution is 2.21. The van der Waals surface area contributed by atoms with Gasteiger partial charge in [-0.25, -0.2) is 0 Å². The van der Waals surface area contributed by atoms with Crippen LogP contribution in [0.3, 0.4) is 0 Å². The Kier molecular flexibility index (Phi) is 5.16. The molecule has 1 atom stereocenters. The SMILES string of the molecule is CC(C)(C)[C@H](O)CN1CCN(C(=O)Cc2c[nH]c3ccccc23)CC1. The van der Waals surface area contributed by atoms with E-state index in [-0.39, 0.29) is 17.4 Å². The molecule has 1 aliphatic heterocycles. The second-order valence-corrected chi connectivity index (χ2v) is 8.10. The van der Waals surface area contributed by atoms with Crippen LogP contribution < -0.4 is 0 Å². The molecule has 2 aromatic rings. The topological polar surface area (TPSA) is 59.6 Å². The minimum Gasteiger partial charge on any atom is -0.391 e. The molecule has 0 aliphatic carbocycles. The zero-order valence-corrected chi connectivity index (χ0v) is 15.5. The lowest BCUT2D eigenvalue weighted by molar-refractivity contribution is -0.132. The van der Waals surface area contributed by atoms with Gasteiger partial charge in [-0.3, -0.25) is 9.69 Å². The minimum absolute atomic E-state index is 0.109. The van der Waals surface area contributed by atoms with Gasteiger partial charge in [-0.1, -0.05) is 39.0 Å². The zero-order chi connectivity index (χ0) is 18.0. The highest BCUT2D eigenvalue weighted by Gasteiger charge is 2.27. The number of piperazine rings is 1. The molecule has 0 bridgehead atoms. The van der Waals surface area contributed by atoms with Crippen LogP contribution in [0, 0.1) is 5.41 Å². The molecule has 2 N–H and O–H groups in total. The van der Waals surface area contributed by atoms with Crippen molar-refractivity contribution >= 4 is 16.8 Å². The van der Waals surface area contributed by atoms with Gasteiger partial charge >= 0.3 is 0 Å². The quantitative estimate of drug-likeness (QED) is 0.895. The van der Waals surface area contributed by atoms with E-state index in [4.69, 9.17) is 0 Å². The Bertz CT molecular complexity index is 724. The van der Waals surface area contributed by atoms with Gasteiger partial charge in [0.1, 0.15) is 0 Å². The van der Waals surface area contributed by atoms with Crippen LogP contribution in [0.5, 0.6) is 0 Å². The van der Waals surface area contributed by atoms with Crippen LogP contribution in [0.1, 0.15) is 26.3 Å². The monoisotopic (exact) mass is 343 g/mol. The number of H-pyrrole nitrogens is 1. The van der Waals surface area contributed by atoms with Crippen LogP contribution >= 0.6 is 0 Å². The van der Waals surface area contributed by atoms with E-state index in [9.17, 15) is 9.90 Å². The number of fused-ring (bicyclic) bond motifs is 1. The predicted octanol–water partition coefficient (Wildman–Crippen LogP) is 2.26. The second-order valence-electron chi connectivity index (χ2n) is 8.10. The summed E-state index contributed by atoms with van der Waals surface area (Å²) >= 11 is 0. The summed E-state index contributed by atoms with van der Waals surface area (Å²) in [6.45, 7) is 9.96. The number of para-hydroxylation sites is 1. The van der Waals surface area contributed by atoms with Crippen molar-refractivity contribution in [1.29, 1.82) is 0 Å². The van der Waals surface area contributed by atoms with Crippen LogP contribution in [0.4, 0.5) is 0 Å². The third-order valence-electron chi connectivity index (χ3n) is 5.17. The first-order chi connectivity index (χ1) is 11.8. The van der Waals surface area contributed by atoms with Crippen molar-refractivity contribution < 1.29 is 9.90 Å². The lowest BCUT2D eigenvalue weighted by atomic mass is 9.89. The van der Waals surface area contributed by atoms with Gasteiger partial charge in [0.05, 0.1) is 12.5 Å². The molecule has 0 radical (unpaired) electrons. The zero-order valence-electron chi connectivity index (χ0n) is 15.5. The number of nitrogens with zero attached hydrogens (tertiary/aromatic N) is 2. The van der Waals surface area contributed by atoms with Crippen molar-refractivity contribution in [2.75, 3.05) is 32.7 Å². The number of rotatable bonds is 4. The molecule has 25 heavy (non-hydrogen) atoms. The number of aliphatic hydroxyl groups is 1. The Hall–Kier alpha value is -1.85. The number of benzene rings is 1. The number of nitrogens with one attached hydrogen (secondary N) is 1. The van der Waals surface area contributed by atoms with E-state index in [0.717, 1.165) is 42.6 Å². The average molecular weight is 343 g/mol. The summed E-state index contributed by atoms with van der Waals surface area (Å²) in [5.41, 5.74) is 2.03. The van der Waals surface area contributed by atoms with Crippen molar-refractivity contribution in [2.24, 2.45) is 5.41 Å². The lowest BCUT2D eigenvalue weighted by Gasteiger charge is -2.38. The Balaban J connectivity index is 1.53. The van der Waals surface area contributed by atoms with Crippen LogP contribution in [0.25, 0.3) is 10.9 Å². The average Bonchev–Trinajstić information content (AvgIpc) is 2.98. The van der Waals surface area contributed by atoms with Gasteiger partial charge in [0.25, 0.3) is 0 Å². The molecule has 1 aromatic carbocycles. The van der Waals surface area contributed by atoms with Crippen molar-refractivity contribution in [1.82, 2.24) is 14.8 Å². The molecule has 136 valence electrons. The molecular weight excluding hydrogens is 314 g/mol. The fourth-order valence-corrected chi connectivity index (χ4v) is 3.25. The van der Waals surface area contributed by atoms with Crippen molar-refractivity contribution in [3.63, 3.8) is 0 Å². The summed E-state index contributed by atoms with van der Waals surface area (Å²) in [6.07, 6.45) is 2.04. The third-order valence-corrected chi connectivity index (χ3v) is 5.17. The lowest BCUT2D eigenvalue weighted by Crippen LogP contribution is -2.52. The molecule has 0 spiro atoms. The van der Waals surface area contributed by atoms with E-state index in [2.05, 4.69) is 36.7 Å². The Morgan fingerprint density at radius 1 is 1.20 bits per heavy atom. The molecule has 0 unspecified atom stereocenters. The van der Waals surface area contributed by atoms with Gasteiger partial charge in [-0.2, -0.15) is 0 Å². The van der Waals surface area contributed by atoms with E-state index in [1.165, 1.54) is 0 Å². The third kappa shape index (κ3) is 4.22. The largest absolute Gasteiger partial charge is 0.391 e. The number of amides is 1. The van der Waals surface area contributed by atoms with Gasteiger partial charge in [0, 0.05) is 49.8 Å². The highest BCUT2D eigenvalue weighted by molar-refractivity contribution is 5.88. The van der Waals surface area contributed by atoms with E-state index in [0.29, 0.717) is 13.0 Å². The number of β-amino-alcohol motifs (C(OH)–C–C–N with tert-alkyl or cyclic N) is 1. The number of aromatic nitrogens is 1. The number of carbonyl (C=O) groups excluding carboxylic acids is 1. The summed E-state index contributed by atoms with van der Waals surface area (Å²) in [7, 11) is 0. The number of aliphatic hydroxyl groups excluding tert-OH is 1. The van der Waals surface area contributed by atoms with Crippen molar-refractivity contribution in [2.45, 2.75) is 33.3 Å². The summed E-state index contributed by atoms with van der Waals surface area (Å²) in [5, 5.41) is 11.4. The molecule has 5 heteroatoms. The standard InChI is InChI=1S/C20H29N3O2/c1-20(2,3)18(24)14-22-8-10-23(11-9-22)19(25)12-15-13-21-17-7-5-4-6-16(15)17/h4-7,13,18,21,24H,8-12,14H2,1-3H3/t18-/m1/s1. The van der Waals surface area contributed by atoms with Crippen molar-refractivity contribution in [3.05, 3.63) is 36.0 Å². The van der Waals surface area contributed by atoms with Crippen LogP contribution in [-0.2, 0) is 11.2 Å². The number of hydrogen-bond donors (Lipinski definition) is 2. The van der Waals surface area contributed by atoms with E-state index >= 15 is 0 Å². The Labute approximate surface area is 149 Å². The normalized spacial score (nSPS) is 17.8. The van der Waals surface area contributed by atoms with E-state index in [1.54, 1.807) is 0 Å². The van der Waals surface area contributed by atoms with E-state index in [1.807, 2.05) is 29.3 Å². The summed E-state index contributed by atoms with van der Waals surface area (Å²) in [4.78, 5) is 20.1. The van der Waals surface area contributed by atoms with Gasteiger partial charge in [-0.15, -0.1) is 0 Å². The first kappa shape index (κ1) is 18.0. The molecule has 5 nitrogen and oxygen atoms in total. The number of hydrogen-bond acceptors (Lipinski definition) is 3. The Morgan fingerprint density at radius 3 is 2.56 bits per heavy atom. The molecular formula is C20H29N3O2. The first-order valence-corrected chi connectivity index (χ1v) is 9.08. The van der Waals surface area contributed by atoms with Crippen LogP contribution in [-0.4, -0.2) is 64.6 Å². The van der Waals surface area contributed by atoms with Gasteiger partial charge in [0.15, 0.2) is 0 Å². The first-order valence-electron chi connectivity index (χ1n) is 9.08. The fraction of sp³-hybridized carbons (Fsp3) is 0.550. The Morgan fingerprint density at radius 2 is 1.88 bits per heavy atom. The molecule has 3 rings (SSSR count). The smallest absolute Gasteiger partial charge is 0.227 e. The maximum absolute atomic E-state index is 12.6. The van der Waals surface area contributed by atoms with Gasteiger partial charge in [0.2, 0.25) is 5.91 Å². The molecule has 2 heterocycles. The maximum Gasteiger partial charge on any atom is 0.227 e. The fourth-order valence-electron chi connectivity index (χ4n) is 3.25. The number of carbonyl (C=O) groups is 1. The minimum atomic E-state index is -0.346. The van der Waals surface area contributed by atoms with E-state index < -0.39 is 0 Å². The molecule has 1 amide bonds. The summed E-state index contributed by atoms with van der Waals surface area (Å²) in [6, 6.07) is 8.09. The van der Waals surface area contributed by atoms with Gasteiger partial charge < -0.3 is 15.0 Å². The second kappa shape index (κ2) is 7.18. The maximum atomic E-state index is 12.6. The number of aromatic amines is 1. The highest BCUT2D eigenvalue weighted by atomic mass is 16.3. The molecule has 1 aliphatic rings. The summed E-state index contributed by atoms with van der Waals surface area (Å²) < 4.78 is 0.